The van der Waals surface area contributed by atoms with Gasteiger partial charge < -0.3 is 5.32 Å². The van der Waals surface area contributed by atoms with E-state index in [4.69, 9.17) is 0 Å². The number of fused-ring (bicyclic) bond motifs is 1. The SMILES string of the molecule is CSCC[C@@H](NS(=O)(=O)c1ccc2ccccc2c1)C(=O)NCCc1ccccn1. The van der Waals surface area contributed by atoms with Gasteiger partial charge in [-0.3, -0.25) is 9.78 Å². The molecule has 0 aliphatic rings. The van der Waals surface area contributed by atoms with Crippen LogP contribution >= 0.6 is 11.8 Å². The molecule has 0 aliphatic carbocycles. The Labute approximate surface area is 181 Å². The van der Waals surface area contributed by atoms with Gasteiger partial charge in [-0.1, -0.05) is 36.4 Å². The van der Waals surface area contributed by atoms with E-state index >= 15 is 0 Å². The quantitative estimate of drug-likeness (QED) is 0.503. The highest BCUT2D eigenvalue weighted by molar-refractivity contribution is 7.98. The molecule has 0 bridgehead atoms. The smallest absolute Gasteiger partial charge is 0.241 e. The monoisotopic (exact) mass is 443 g/mol. The van der Waals surface area contributed by atoms with Crippen LogP contribution in [-0.4, -0.2) is 43.9 Å². The van der Waals surface area contributed by atoms with Crippen LogP contribution in [0.15, 0.2) is 71.8 Å². The molecule has 30 heavy (non-hydrogen) atoms. The van der Waals surface area contributed by atoms with E-state index in [-0.39, 0.29) is 10.8 Å². The Kier molecular flexibility index (Phi) is 7.84. The van der Waals surface area contributed by atoms with Gasteiger partial charge in [-0.2, -0.15) is 16.5 Å². The molecule has 2 aromatic carbocycles. The molecule has 0 saturated heterocycles. The number of amides is 1. The van der Waals surface area contributed by atoms with Crippen LogP contribution in [0.4, 0.5) is 0 Å². The van der Waals surface area contributed by atoms with Crippen LogP contribution in [0.3, 0.4) is 0 Å². The van der Waals surface area contributed by atoms with Crippen LogP contribution in [0.5, 0.6) is 0 Å². The summed E-state index contributed by atoms with van der Waals surface area (Å²) in [7, 11) is -3.84. The molecule has 0 fully saturated rings. The van der Waals surface area contributed by atoms with E-state index in [1.807, 2.05) is 48.7 Å². The molecule has 1 aromatic heterocycles. The van der Waals surface area contributed by atoms with Crippen molar-refractivity contribution in [2.75, 3.05) is 18.6 Å². The minimum absolute atomic E-state index is 0.150. The minimum Gasteiger partial charge on any atom is -0.354 e. The molecule has 158 valence electrons. The normalized spacial score (nSPS) is 12.6. The number of carbonyl (C=O) groups is 1. The number of thioether (sulfide) groups is 1. The Bertz CT molecular complexity index is 1090. The largest absolute Gasteiger partial charge is 0.354 e. The van der Waals surface area contributed by atoms with Crippen molar-refractivity contribution in [1.82, 2.24) is 15.0 Å². The van der Waals surface area contributed by atoms with Gasteiger partial charge in [-0.05, 0) is 53.5 Å². The van der Waals surface area contributed by atoms with Crippen molar-refractivity contribution in [2.24, 2.45) is 0 Å². The van der Waals surface area contributed by atoms with Crippen molar-refractivity contribution in [1.29, 1.82) is 0 Å². The van der Waals surface area contributed by atoms with Gasteiger partial charge in [0, 0.05) is 24.9 Å². The first-order valence-corrected chi connectivity index (χ1v) is 12.5. The maximum Gasteiger partial charge on any atom is 0.241 e. The van der Waals surface area contributed by atoms with E-state index < -0.39 is 16.1 Å². The number of carbonyl (C=O) groups excluding carboxylic acids is 1. The molecule has 8 heteroatoms. The number of sulfonamides is 1. The van der Waals surface area contributed by atoms with Crippen molar-refractivity contribution in [3.05, 3.63) is 72.6 Å². The van der Waals surface area contributed by atoms with E-state index in [0.717, 1.165) is 16.5 Å². The van der Waals surface area contributed by atoms with Crippen LogP contribution in [0.2, 0.25) is 0 Å². The first-order chi connectivity index (χ1) is 14.5. The Morgan fingerprint density at radius 2 is 1.83 bits per heavy atom. The Balaban J connectivity index is 1.69. The molecule has 0 saturated carbocycles. The first kappa shape index (κ1) is 22.3. The highest BCUT2D eigenvalue weighted by Crippen LogP contribution is 2.19. The second kappa shape index (κ2) is 10.6. The second-order valence-corrected chi connectivity index (χ2v) is 9.53. The lowest BCUT2D eigenvalue weighted by Gasteiger charge is -2.18. The van der Waals surface area contributed by atoms with Crippen LogP contribution in [0.1, 0.15) is 12.1 Å². The number of nitrogens with zero attached hydrogens (tertiary/aromatic N) is 1. The van der Waals surface area contributed by atoms with E-state index in [1.165, 1.54) is 0 Å². The van der Waals surface area contributed by atoms with Gasteiger partial charge in [0.25, 0.3) is 0 Å². The fourth-order valence-electron chi connectivity index (χ4n) is 3.05. The summed E-state index contributed by atoms with van der Waals surface area (Å²) in [6, 6.07) is 17.3. The van der Waals surface area contributed by atoms with Crippen molar-refractivity contribution < 1.29 is 13.2 Å². The van der Waals surface area contributed by atoms with Gasteiger partial charge in [-0.25, -0.2) is 8.42 Å². The molecule has 2 N–H and O–H groups in total. The summed E-state index contributed by atoms with van der Waals surface area (Å²) in [5.74, 6) is 0.336. The molecular weight excluding hydrogens is 418 g/mol. The van der Waals surface area contributed by atoms with Crippen LogP contribution in [-0.2, 0) is 21.2 Å². The third-order valence-electron chi connectivity index (χ3n) is 4.66. The molecule has 0 radical (unpaired) electrons. The van der Waals surface area contributed by atoms with Crippen molar-refractivity contribution >= 4 is 38.5 Å². The summed E-state index contributed by atoms with van der Waals surface area (Å²) in [6.07, 6.45) is 4.62. The molecular formula is C22H25N3O3S2. The van der Waals surface area contributed by atoms with Crippen molar-refractivity contribution in [2.45, 2.75) is 23.8 Å². The third kappa shape index (κ3) is 6.04. The fourth-order valence-corrected chi connectivity index (χ4v) is 4.79. The van der Waals surface area contributed by atoms with Crippen molar-refractivity contribution in [3.63, 3.8) is 0 Å². The number of pyridine rings is 1. The van der Waals surface area contributed by atoms with Gasteiger partial charge >= 0.3 is 0 Å². The van der Waals surface area contributed by atoms with E-state index in [2.05, 4.69) is 15.0 Å². The lowest BCUT2D eigenvalue weighted by molar-refractivity contribution is -0.122. The maximum absolute atomic E-state index is 12.9. The summed E-state index contributed by atoms with van der Waals surface area (Å²) in [5, 5.41) is 4.62. The number of hydrogen-bond acceptors (Lipinski definition) is 5. The zero-order chi connectivity index (χ0) is 21.4. The maximum atomic E-state index is 12.9. The summed E-state index contributed by atoms with van der Waals surface area (Å²) >= 11 is 1.57. The molecule has 1 atom stereocenters. The lowest BCUT2D eigenvalue weighted by atomic mass is 10.1. The van der Waals surface area contributed by atoms with Gasteiger partial charge in [-0.15, -0.1) is 0 Å². The van der Waals surface area contributed by atoms with Gasteiger partial charge in [0.15, 0.2) is 0 Å². The van der Waals surface area contributed by atoms with E-state index in [0.29, 0.717) is 25.1 Å². The molecule has 1 amide bonds. The summed E-state index contributed by atoms with van der Waals surface area (Å²) in [6.45, 7) is 0.392. The lowest BCUT2D eigenvalue weighted by Crippen LogP contribution is -2.47. The highest BCUT2D eigenvalue weighted by atomic mass is 32.2. The van der Waals surface area contributed by atoms with Gasteiger partial charge in [0.05, 0.1) is 4.90 Å². The predicted molar refractivity (Wildman–Crippen MR) is 122 cm³/mol. The van der Waals surface area contributed by atoms with Crippen LogP contribution < -0.4 is 10.0 Å². The zero-order valence-electron chi connectivity index (χ0n) is 16.7. The minimum atomic E-state index is -3.84. The summed E-state index contributed by atoms with van der Waals surface area (Å²) in [5.41, 5.74) is 0.871. The fraction of sp³-hybridized carbons (Fsp3) is 0.273. The topological polar surface area (TPSA) is 88.2 Å². The number of aromatic nitrogens is 1. The molecule has 0 spiro atoms. The standard InChI is InChI=1S/C22H25N3O3S2/c1-29-15-12-21(22(26)24-14-11-19-8-4-5-13-23-19)25-30(27,28)20-10-9-17-6-2-3-7-18(17)16-20/h2-10,13,16,21,25H,11-12,14-15H2,1H3,(H,24,26)/t21-/m1/s1. The summed E-state index contributed by atoms with van der Waals surface area (Å²) < 4.78 is 28.5. The average Bonchev–Trinajstić information content (AvgIpc) is 2.77. The second-order valence-electron chi connectivity index (χ2n) is 6.83. The number of nitrogens with one attached hydrogen (secondary N) is 2. The van der Waals surface area contributed by atoms with Crippen LogP contribution in [0, 0.1) is 0 Å². The predicted octanol–water partition coefficient (Wildman–Crippen LogP) is 2.99. The van der Waals surface area contributed by atoms with Gasteiger partial charge in [0.1, 0.15) is 6.04 Å². The number of benzene rings is 2. The summed E-state index contributed by atoms with van der Waals surface area (Å²) in [4.78, 5) is 17.1. The Morgan fingerprint density at radius 3 is 2.57 bits per heavy atom. The van der Waals surface area contributed by atoms with E-state index in [9.17, 15) is 13.2 Å². The third-order valence-corrected chi connectivity index (χ3v) is 6.78. The number of hydrogen-bond donors (Lipinski definition) is 2. The molecule has 1 heterocycles. The van der Waals surface area contributed by atoms with E-state index in [1.54, 1.807) is 36.2 Å². The molecule has 6 nitrogen and oxygen atoms in total. The number of rotatable bonds is 10. The van der Waals surface area contributed by atoms with Gasteiger partial charge in [0.2, 0.25) is 15.9 Å². The molecule has 0 unspecified atom stereocenters. The molecule has 3 aromatic rings. The first-order valence-electron chi connectivity index (χ1n) is 9.67. The average molecular weight is 444 g/mol. The Morgan fingerprint density at radius 1 is 1.07 bits per heavy atom. The zero-order valence-corrected chi connectivity index (χ0v) is 18.4. The molecule has 3 rings (SSSR count). The van der Waals surface area contributed by atoms with Crippen molar-refractivity contribution in [3.8, 4) is 0 Å². The Hall–Kier alpha value is -2.42. The highest BCUT2D eigenvalue weighted by Gasteiger charge is 2.25. The van der Waals surface area contributed by atoms with Crippen LogP contribution in [0.25, 0.3) is 10.8 Å². The molecule has 0 aliphatic heterocycles.